The average Bonchev–Trinajstić information content (AvgIpc) is 2.83. The van der Waals surface area contributed by atoms with E-state index in [9.17, 15) is 9.59 Å². The van der Waals surface area contributed by atoms with Crippen LogP contribution in [0.4, 0.5) is 4.79 Å². The first-order chi connectivity index (χ1) is 15.5. The van der Waals surface area contributed by atoms with E-state index in [2.05, 4.69) is 13.8 Å². The number of hydrogen-bond acceptors (Lipinski definition) is 4. The second kappa shape index (κ2) is 11.3. The molecule has 0 N–H and O–H groups in total. The van der Waals surface area contributed by atoms with Gasteiger partial charge >= 0.3 is 12.1 Å². The van der Waals surface area contributed by atoms with Crippen molar-refractivity contribution in [2.45, 2.75) is 46.1 Å². The molecule has 4 nitrogen and oxygen atoms in total. The highest BCUT2D eigenvalue weighted by atomic mass is 16.7. The largest absolute Gasteiger partial charge is 0.516 e. The molecule has 0 fully saturated rings. The van der Waals surface area contributed by atoms with E-state index >= 15 is 0 Å². The SMILES string of the molecule is CCC(CC)CC(C)OC(=O)OC(=O)c1ccc(-c2ccccc2)c(-c2ccccc2)c1. The number of ether oxygens (including phenoxy) is 2. The van der Waals surface area contributed by atoms with Crippen LogP contribution in [0.3, 0.4) is 0 Å². The highest BCUT2D eigenvalue weighted by molar-refractivity contribution is 5.98. The lowest BCUT2D eigenvalue weighted by atomic mass is 9.93. The molecular weight excluding hydrogens is 400 g/mol. The normalized spacial score (nSPS) is 11.8. The summed E-state index contributed by atoms with van der Waals surface area (Å²) in [4.78, 5) is 24.9. The molecule has 0 saturated heterocycles. The van der Waals surface area contributed by atoms with Crippen molar-refractivity contribution in [3.8, 4) is 22.3 Å². The maximum atomic E-state index is 12.7. The van der Waals surface area contributed by atoms with Crippen LogP contribution in [0.1, 0.15) is 50.4 Å². The zero-order valence-electron chi connectivity index (χ0n) is 18.9. The molecule has 166 valence electrons. The molecule has 0 amide bonds. The Labute approximate surface area is 190 Å². The quantitative estimate of drug-likeness (QED) is 0.274. The first-order valence-corrected chi connectivity index (χ1v) is 11.2. The third-order valence-corrected chi connectivity index (χ3v) is 5.72. The van der Waals surface area contributed by atoms with E-state index in [0.717, 1.165) is 41.5 Å². The summed E-state index contributed by atoms with van der Waals surface area (Å²) in [6.45, 7) is 6.06. The number of esters is 1. The highest BCUT2D eigenvalue weighted by Gasteiger charge is 2.20. The first-order valence-electron chi connectivity index (χ1n) is 11.2. The predicted molar refractivity (Wildman–Crippen MR) is 127 cm³/mol. The summed E-state index contributed by atoms with van der Waals surface area (Å²) in [7, 11) is 0. The minimum atomic E-state index is -0.957. The molecule has 0 radical (unpaired) electrons. The molecule has 0 spiro atoms. The Morgan fingerprint density at radius 3 is 1.91 bits per heavy atom. The molecule has 0 aliphatic heterocycles. The molecule has 0 heterocycles. The van der Waals surface area contributed by atoms with Crippen molar-refractivity contribution in [2.75, 3.05) is 0 Å². The molecule has 0 bridgehead atoms. The second-order valence-corrected chi connectivity index (χ2v) is 7.98. The topological polar surface area (TPSA) is 52.6 Å². The number of hydrogen-bond donors (Lipinski definition) is 0. The van der Waals surface area contributed by atoms with E-state index in [1.54, 1.807) is 12.1 Å². The molecule has 0 aliphatic carbocycles. The van der Waals surface area contributed by atoms with Crippen molar-refractivity contribution in [3.63, 3.8) is 0 Å². The molecule has 1 unspecified atom stereocenters. The van der Waals surface area contributed by atoms with Crippen molar-refractivity contribution in [2.24, 2.45) is 5.92 Å². The van der Waals surface area contributed by atoms with Gasteiger partial charge in [-0.25, -0.2) is 9.59 Å². The molecule has 3 rings (SSSR count). The maximum absolute atomic E-state index is 12.7. The van der Waals surface area contributed by atoms with Gasteiger partial charge in [0.2, 0.25) is 0 Å². The van der Waals surface area contributed by atoms with Gasteiger partial charge in [-0.15, -0.1) is 0 Å². The standard InChI is InChI=1S/C28H30O4/c1-4-21(5-2)18-20(3)31-28(30)32-27(29)24-16-17-25(22-12-8-6-9-13-22)26(19-24)23-14-10-7-11-15-23/h6-17,19-21H,4-5,18H2,1-3H3. The van der Waals surface area contributed by atoms with Gasteiger partial charge in [-0.05, 0) is 53.6 Å². The molecule has 0 aliphatic rings. The van der Waals surface area contributed by atoms with Crippen LogP contribution in [0.25, 0.3) is 22.3 Å². The third-order valence-electron chi connectivity index (χ3n) is 5.72. The minimum Gasteiger partial charge on any atom is -0.431 e. The molecule has 1 atom stereocenters. The first kappa shape index (κ1) is 23.3. The summed E-state index contributed by atoms with van der Waals surface area (Å²) in [5.41, 5.74) is 4.20. The summed E-state index contributed by atoms with van der Waals surface area (Å²) in [6, 6.07) is 25.1. The Balaban J connectivity index is 1.79. The fourth-order valence-corrected chi connectivity index (χ4v) is 3.86. The molecular formula is C28H30O4. The van der Waals surface area contributed by atoms with Crippen LogP contribution in [-0.2, 0) is 9.47 Å². The Hall–Kier alpha value is -3.40. The smallest absolute Gasteiger partial charge is 0.431 e. The van der Waals surface area contributed by atoms with Gasteiger partial charge in [0, 0.05) is 0 Å². The van der Waals surface area contributed by atoms with Crippen LogP contribution in [-0.4, -0.2) is 18.2 Å². The van der Waals surface area contributed by atoms with Gasteiger partial charge in [-0.3, -0.25) is 0 Å². The van der Waals surface area contributed by atoms with E-state index < -0.39 is 12.1 Å². The lowest BCUT2D eigenvalue weighted by Crippen LogP contribution is -2.21. The van der Waals surface area contributed by atoms with Gasteiger partial charge in [0.1, 0.15) is 6.10 Å². The monoisotopic (exact) mass is 430 g/mol. The number of carbonyl (C=O) groups excluding carboxylic acids is 2. The number of rotatable bonds is 8. The zero-order valence-corrected chi connectivity index (χ0v) is 18.9. The summed E-state index contributed by atoms with van der Waals surface area (Å²) in [5.74, 6) is -0.242. The lowest BCUT2D eigenvalue weighted by Gasteiger charge is -2.18. The van der Waals surface area contributed by atoms with Gasteiger partial charge < -0.3 is 9.47 Å². The summed E-state index contributed by atoms with van der Waals surface area (Å²) >= 11 is 0. The molecule has 0 saturated carbocycles. The Morgan fingerprint density at radius 1 is 0.781 bits per heavy atom. The van der Waals surface area contributed by atoms with Gasteiger partial charge in [0.25, 0.3) is 0 Å². The predicted octanol–water partition coefficient (Wildman–Crippen LogP) is 7.53. The van der Waals surface area contributed by atoms with E-state index in [1.807, 2.05) is 73.7 Å². The van der Waals surface area contributed by atoms with Crippen molar-refractivity contribution >= 4 is 12.1 Å². The number of benzene rings is 3. The Morgan fingerprint density at radius 2 is 1.34 bits per heavy atom. The zero-order chi connectivity index (χ0) is 22.9. The van der Waals surface area contributed by atoms with E-state index in [0.29, 0.717) is 11.5 Å². The van der Waals surface area contributed by atoms with Crippen LogP contribution in [0.15, 0.2) is 78.9 Å². The van der Waals surface area contributed by atoms with Crippen molar-refractivity contribution in [1.82, 2.24) is 0 Å². The van der Waals surface area contributed by atoms with Gasteiger partial charge in [-0.2, -0.15) is 0 Å². The van der Waals surface area contributed by atoms with E-state index in [-0.39, 0.29) is 6.10 Å². The Bertz CT molecular complexity index is 1020. The third kappa shape index (κ3) is 6.07. The van der Waals surface area contributed by atoms with Crippen LogP contribution in [0, 0.1) is 5.92 Å². The molecule has 3 aromatic rings. The summed E-state index contributed by atoms with van der Waals surface area (Å²) < 4.78 is 10.3. The van der Waals surface area contributed by atoms with Crippen LogP contribution >= 0.6 is 0 Å². The van der Waals surface area contributed by atoms with E-state index in [1.165, 1.54) is 0 Å². The van der Waals surface area contributed by atoms with Crippen molar-refractivity contribution in [1.29, 1.82) is 0 Å². The van der Waals surface area contributed by atoms with E-state index in [4.69, 9.17) is 9.47 Å². The lowest BCUT2D eigenvalue weighted by molar-refractivity contribution is 0.0201. The van der Waals surface area contributed by atoms with Gasteiger partial charge in [-0.1, -0.05) is 93.4 Å². The molecule has 32 heavy (non-hydrogen) atoms. The highest BCUT2D eigenvalue weighted by Crippen LogP contribution is 2.33. The van der Waals surface area contributed by atoms with Crippen molar-refractivity contribution in [3.05, 3.63) is 84.4 Å². The average molecular weight is 431 g/mol. The fraction of sp³-hybridized carbons (Fsp3) is 0.286. The Kier molecular flexibility index (Phi) is 8.20. The second-order valence-electron chi connectivity index (χ2n) is 7.98. The van der Waals surface area contributed by atoms with Crippen LogP contribution in [0.5, 0.6) is 0 Å². The van der Waals surface area contributed by atoms with Crippen molar-refractivity contribution < 1.29 is 19.1 Å². The summed E-state index contributed by atoms with van der Waals surface area (Å²) in [6.07, 6.45) is 1.53. The molecule has 0 aromatic heterocycles. The van der Waals surface area contributed by atoms with Gasteiger partial charge in [0.05, 0.1) is 5.56 Å². The van der Waals surface area contributed by atoms with Gasteiger partial charge in [0.15, 0.2) is 0 Å². The number of carbonyl (C=O) groups is 2. The molecule has 4 heteroatoms. The minimum absolute atomic E-state index is 0.299. The van der Waals surface area contributed by atoms with Crippen LogP contribution in [0.2, 0.25) is 0 Å². The van der Waals surface area contributed by atoms with Crippen LogP contribution < -0.4 is 0 Å². The summed E-state index contributed by atoms with van der Waals surface area (Å²) in [5, 5.41) is 0. The molecule has 3 aromatic carbocycles. The maximum Gasteiger partial charge on any atom is 0.516 e. The fourth-order valence-electron chi connectivity index (χ4n) is 3.86.